The molecule has 1 unspecified atom stereocenters. The molecule has 0 saturated heterocycles. The third-order valence-corrected chi connectivity index (χ3v) is 6.93. The van der Waals surface area contributed by atoms with Gasteiger partial charge in [0.1, 0.15) is 42.1 Å². The molecule has 0 radical (unpaired) electrons. The fourth-order valence-corrected chi connectivity index (χ4v) is 4.36. The van der Waals surface area contributed by atoms with Gasteiger partial charge in [0.05, 0.1) is 32.0 Å². The largest absolute Gasteiger partial charge is 0.497 e. The Labute approximate surface area is 244 Å². The molecule has 1 heterocycles. The Morgan fingerprint density at radius 2 is 1.78 bits per heavy atom. The van der Waals surface area contributed by atoms with Crippen LogP contribution in [0.4, 0.5) is 0 Å². The number of carbonyl (C=O) groups excluding carboxylic acids is 1. The molecule has 212 valence electrons. The van der Waals surface area contributed by atoms with Gasteiger partial charge in [0.25, 0.3) is 0 Å². The van der Waals surface area contributed by atoms with Crippen LogP contribution in [0.15, 0.2) is 72.8 Å². The normalized spacial score (nSPS) is 13.7. The van der Waals surface area contributed by atoms with Crippen molar-refractivity contribution < 1.29 is 28.5 Å². The minimum atomic E-state index is -0.502. The predicted molar refractivity (Wildman–Crippen MR) is 160 cm³/mol. The van der Waals surface area contributed by atoms with Crippen LogP contribution in [0.25, 0.3) is 23.1 Å². The number of fused-ring (bicyclic) bond motifs is 1. The summed E-state index contributed by atoms with van der Waals surface area (Å²) in [6.07, 6.45) is 5.96. The zero-order chi connectivity index (χ0) is 28.6. The van der Waals surface area contributed by atoms with Gasteiger partial charge in [0.15, 0.2) is 0 Å². The summed E-state index contributed by atoms with van der Waals surface area (Å²) in [6.45, 7) is 1.15. The number of nitrogens with zero attached hydrogens (tertiary/aromatic N) is 1. The van der Waals surface area contributed by atoms with E-state index >= 15 is 0 Å². The van der Waals surface area contributed by atoms with Crippen LogP contribution in [-0.4, -0.2) is 51.1 Å². The summed E-state index contributed by atoms with van der Waals surface area (Å²) in [6, 6.07) is 22.5. The summed E-state index contributed by atoms with van der Waals surface area (Å²) in [5.41, 5.74) is 2.95. The van der Waals surface area contributed by atoms with Crippen molar-refractivity contribution in [1.29, 1.82) is 0 Å². The molecule has 4 aromatic rings. The molecule has 0 aliphatic heterocycles. The lowest BCUT2D eigenvalue weighted by Gasteiger charge is -2.20. The van der Waals surface area contributed by atoms with Gasteiger partial charge in [0.2, 0.25) is 0 Å². The molecule has 8 heteroatoms. The lowest BCUT2D eigenvalue weighted by atomic mass is 10.1. The van der Waals surface area contributed by atoms with Gasteiger partial charge in [-0.2, -0.15) is 0 Å². The smallest absolute Gasteiger partial charge is 0.341 e. The summed E-state index contributed by atoms with van der Waals surface area (Å²) in [4.78, 5) is 17.0. The van der Waals surface area contributed by atoms with Crippen molar-refractivity contribution in [3.05, 3.63) is 94.6 Å². The zero-order valence-electron chi connectivity index (χ0n) is 23.0. The first-order valence-corrected chi connectivity index (χ1v) is 13.9. The topological polar surface area (TPSA) is 76.1 Å². The maximum atomic E-state index is 12.3. The van der Waals surface area contributed by atoms with Gasteiger partial charge in [-0.05, 0) is 78.9 Å². The number of methoxy groups -OCH3 is 2. The van der Waals surface area contributed by atoms with E-state index in [-0.39, 0.29) is 24.9 Å². The molecule has 1 saturated carbocycles. The number of rotatable bonds is 13. The van der Waals surface area contributed by atoms with Crippen molar-refractivity contribution in [1.82, 2.24) is 4.98 Å². The minimum absolute atomic E-state index is 0.209. The first-order chi connectivity index (χ1) is 20.0. The Morgan fingerprint density at radius 3 is 2.59 bits per heavy atom. The van der Waals surface area contributed by atoms with E-state index in [0.717, 1.165) is 22.2 Å². The molecular formula is C33H32ClNO6. The number of esters is 1. The maximum absolute atomic E-state index is 12.3. The fourth-order valence-electron chi connectivity index (χ4n) is 4.19. The maximum Gasteiger partial charge on any atom is 0.341 e. The van der Waals surface area contributed by atoms with Crippen molar-refractivity contribution in [3.63, 3.8) is 0 Å². The average Bonchev–Trinajstić information content (AvgIpc) is 3.84. The Kier molecular flexibility index (Phi) is 9.39. The van der Waals surface area contributed by atoms with E-state index < -0.39 is 5.97 Å². The molecule has 3 aromatic carbocycles. The third-order valence-electron chi connectivity index (χ3n) is 6.70. The van der Waals surface area contributed by atoms with Crippen LogP contribution in [0.5, 0.6) is 17.2 Å². The van der Waals surface area contributed by atoms with E-state index in [1.807, 2.05) is 66.7 Å². The van der Waals surface area contributed by atoms with Gasteiger partial charge in [-0.3, -0.25) is 0 Å². The lowest BCUT2D eigenvalue weighted by molar-refractivity contribution is -0.0122. The quantitative estimate of drug-likeness (QED) is 0.158. The van der Waals surface area contributed by atoms with Gasteiger partial charge in [-0.25, -0.2) is 9.78 Å². The second-order valence-corrected chi connectivity index (χ2v) is 10.3. The van der Waals surface area contributed by atoms with E-state index in [9.17, 15) is 4.79 Å². The molecule has 0 bridgehead atoms. The summed E-state index contributed by atoms with van der Waals surface area (Å²) in [5, 5.41) is 1.70. The fraction of sp³-hybridized carbons (Fsp3) is 0.273. The van der Waals surface area contributed by atoms with Gasteiger partial charge in [-0.1, -0.05) is 41.9 Å². The molecule has 0 spiro atoms. The van der Waals surface area contributed by atoms with E-state index in [1.54, 1.807) is 18.2 Å². The van der Waals surface area contributed by atoms with E-state index in [2.05, 4.69) is 4.98 Å². The van der Waals surface area contributed by atoms with Gasteiger partial charge >= 0.3 is 5.97 Å². The van der Waals surface area contributed by atoms with Crippen LogP contribution >= 0.6 is 11.6 Å². The molecule has 7 nitrogen and oxygen atoms in total. The van der Waals surface area contributed by atoms with E-state index in [0.29, 0.717) is 34.8 Å². The monoisotopic (exact) mass is 573 g/mol. The first kappa shape index (κ1) is 28.5. The number of pyridine rings is 1. The van der Waals surface area contributed by atoms with E-state index in [1.165, 1.54) is 27.1 Å². The number of ether oxygens (including phenoxy) is 5. The number of hydrogen-bond acceptors (Lipinski definition) is 7. The van der Waals surface area contributed by atoms with Crippen LogP contribution in [0.2, 0.25) is 5.02 Å². The van der Waals surface area contributed by atoms with Gasteiger partial charge in [-0.15, -0.1) is 0 Å². The molecule has 0 N–H and O–H groups in total. The summed E-state index contributed by atoms with van der Waals surface area (Å²) >= 11 is 6.13. The molecule has 1 aliphatic carbocycles. The Bertz CT molecular complexity index is 1530. The molecule has 5 rings (SSSR count). The molecule has 1 atom stereocenters. The second kappa shape index (κ2) is 13.5. The Hall–Kier alpha value is -4.07. The summed E-state index contributed by atoms with van der Waals surface area (Å²) < 4.78 is 28.4. The Balaban J connectivity index is 1.23. The molecule has 41 heavy (non-hydrogen) atoms. The van der Waals surface area contributed by atoms with Crippen LogP contribution < -0.4 is 14.2 Å². The summed E-state index contributed by atoms with van der Waals surface area (Å²) in [7, 11) is 2.87. The van der Waals surface area contributed by atoms with Crippen LogP contribution in [0.1, 0.15) is 34.5 Å². The predicted octanol–water partition coefficient (Wildman–Crippen LogP) is 7.11. The second-order valence-electron chi connectivity index (χ2n) is 9.85. The number of hydrogen-bond donors (Lipinski definition) is 0. The highest BCUT2D eigenvalue weighted by Crippen LogP contribution is 2.30. The van der Waals surface area contributed by atoms with Crippen molar-refractivity contribution in [2.45, 2.75) is 18.9 Å². The molecular weight excluding hydrogens is 542 g/mol. The summed E-state index contributed by atoms with van der Waals surface area (Å²) in [5.74, 6) is 1.73. The van der Waals surface area contributed by atoms with Crippen molar-refractivity contribution in [3.8, 4) is 17.2 Å². The highest BCUT2D eigenvalue weighted by atomic mass is 35.5. The third kappa shape index (κ3) is 7.99. The zero-order valence-corrected chi connectivity index (χ0v) is 23.8. The van der Waals surface area contributed by atoms with Crippen LogP contribution in [0, 0.1) is 5.92 Å². The lowest BCUT2D eigenvalue weighted by Crippen LogP contribution is -2.30. The molecule has 1 aliphatic rings. The Morgan fingerprint density at radius 1 is 0.951 bits per heavy atom. The number of carbonyl (C=O) groups is 1. The van der Waals surface area contributed by atoms with Crippen molar-refractivity contribution in [2.24, 2.45) is 5.92 Å². The standard InChI is InChI=1S/C33H32ClNO6/c1-37-27-14-15-32(30(18-27)33(36)38-2)41-21-29(39-19-23-6-7-23)20-40-28-5-3-4-22(16-28)8-12-26-13-10-24-9-11-25(34)17-31(24)35-26/h3-5,8-18,23,29H,6-7,19-21H2,1-2H3. The van der Waals surface area contributed by atoms with Gasteiger partial charge in [0, 0.05) is 10.4 Å². The van der Waals surface area contributed by atoms with Gasteiger partial charge < -0.3 is 23.7 Å². The number of halogens is 1. The SMILES string of the molecule is COC(=O)c1cc(OC)ccc1OCC(COc1cccc(C=Cc2ccc3ccc(Cl)cc3n2)c1)OCC1CC1. The average molecular weight is 574 g/mol. The van der Waals surface area contributed by atoms with Crippen molar-refractivity contribution in [2.75, 3.05) is 34.0 Å². The molecule has 0 amide bonds. The number of benzene rings is 3. The molecule has 1 fully saturated rings. The number of aromatic nitrogens is 1. The first-order valence-electron chi connectivity index (χ1n) is 13.5. The van der Waals surface area contributed by atoms with Crippen LogP contribution in [-0.2, 0) is 9.47 Å². The van der Waals surface area contributed by atoms with E-state index in [4.69, 9.17) is 35.3 Å². The minimum Gasteiger partial charge on any atom is -0.497 e. The van der Waals surface area contributed by atoms with Crippen LogP contribution in [0.3, 0.4) is 0 Å². The highest BCUT2D eigenvalue weighted by Gasteiger charge is 2.24. The van der Waals surface area contributed by atoms with Crippen molar-refractivity contribution >= 4 is 40.6 Å². The highest BCUT2D eigenvalue weighted by molar-refractivity contribution is 6.31. The molecule has 1 aromatic heterocycles.